The molecule has 0 spiro atoms. The zero-order valence-corrected chi connectivity index (χ0v) is 16.6. The molecule has 3 aromatic rings. The molecule has 28 heavy (non-hydrogen) atoms. The standard InChI is InChI=1S/C19H16N2O5S2/c1-12-8-9-14(10-16(12)26-13(2)22)18(23)21-19-20-17(11-27-19)28(24,25)15-6-4-3-5-7-15/h3-11H,1-2H3,(H,20,21,23). The molecular formula is C19H16N2O5S2. The fraction of sp³-hybridized carbons (Fsp3) is 0.105. The van der Waals surface area contributed by atoms with Crippen LogP contribution in [-0.2, 0) is 14.6 Å². The van der Waals surface area contributed by atoms with Gasteiger partial charge in [0.25, 0.3) is 5.91 Å². The molecule has 0 unspecified atom stereocenters. The number of aryl methyl sites for hydroxylation is 1. The first-order valence-corrected chi connectivity index (χ1v) is 10.5. The first-order valence-electron chi connectivity index (χ1n) is 8.13. The van der Waals surface area contributed by atoms with Crippen LogP contribution in [0.4, 0.5) is 5.13 Å². The Bertz CT molecular complexity index is 1140. The number of benzene rings is 2. The molecule has 7 nitrogen and oxygen atoms in total. The molecule has 0 bridgehead atoms. The Balaban J connectivity index is 1.80. The fourth-order valence-corrected chi connectivity index (χ4v) is 4.58. The molecule has 1 aromatic heterocycles. The van der Waals surface area contributed by atoms with Gasteiger partial charge < -0.3 is 4.74 Å². The van der Waals surface area contributed by atoms with Crippen LogP contribution in [0.2, 0.25) is 0 Å². The van der Waals surface area contributed by atoms with Gasteiger partial charge in [0.15, 0.2) is 10.2 Å². The SMILES string of the molecule is CC(=O)Oc1cc(C(=O)Nc2nc(S(=O)(=O)c3ccccc3)cs2)ccc1C. The van der Waals surface area contributed by atoms with Crippen molar-refractivity contribution in [1.82, 2.24) is 4.98 Å². The van der Waals surface area contributed by atoms with Crippen LogP contribution in [0.15, 0.2) is 63.8 Å². The summed E-state index contributed by atoms with van der Waals surface area (Å²) >= 11 is 1.00. The number of carbonyl (C=O) groups excluding carboxylic acids is 2. The number of nitrogens with zero attached hydrogens (tertiary/aromatic N) is 1. The average Bonchev–Trinajstić information content (AvgIpc) is 3.13. The maximum absolute atomic E-state index is 12.6. The third-order valence-corrected chi connectivity index (χ3v) is 6.30. The summed E-state index contributed by atoms with van der Waals surface area (Å²) in [7, 11) is -3.75. The molecule has 0 atom stereocenters. The van der Waals surface area contributed by atoms with E-state index in [1.54, 1.807) is 37.3 Å². The van der Waals surface area contributed by atoms with Gasteiger partial charge >= 0.3 is 5.97 Å². The van der Waals surface area contributed by atoms with Crippen molar-refractivity contribution in [1.29, 1.82) is 0 Å². The summed E-state index contributed by atoms with van der Waals surface area (Å²) in [5.74, 6) is -0.700. The largest absolute Gasteiger partial charge is 0.426 e. The van der Waals surface area contributed by atoms with Crippen molar-refractivity contribution in [2.45, 2.75) is 23.8 Å². The highest BCUT2D eigenvalue weighted by molar-refractivity contribution is 7.91. The van der Waals surface area contributed by atoms with E-state index < -0.39 is 21.7 Å². The van der Waals surface area contributed by atoms with Gasteiger partial charge in [-0.05, 0) is 36.8 Å². The van der Waals surface area contributed by atoms with E-state index in [9.17, 15) is 18.0 Å². The Labute approximate surface area is 165 Å². The molecular weight excluding hydrogens is 400 g/mol. The van der Waals surface area contributed by atoms with Gasteiger partial charge in [-0.1, -0.05) is 24.3 Å². The number of carbonyl (C=O) groups is 2. The Kier molecular flexibility index (Phi) is 5.57. The molecule has 9 heteroatoms. The number of hydrogen-bond donors (Lipinski definition) is 1. The lowest BCUT2D eigenvalue weighted by Crippen LogP contribution is -2.13. The highest BCUT2D eigenvalue weighted by Crippen LogP contribution is 2.26. The van der Waals surface area contributed by atoms with Crippen molar-refractivity contribution in [2.24, 2.45) is 0 Å². The molecule has 0 saturated carbocycles. The first kappa shape index (κ1) is 19.7. The Morgan fingerprint density at radius 2 is 1.82 bits per heavy atom. The highest BCUT2D eigenvalue weighted by atomic mass is 32.2. The monoisotopic (exact) mass is 416 g/mol. The second kappa shape index (κ2) is 7.91. The smallest absolute Gasteiger partial charge is 0.308 e. The summed E-state index contributed by atoms with van der Waals surface area (Å²) in [5, 5.41) is 3.95. The maximum atomic E-state index is 12.6. The molecule has 0 aliphatic heterocycles. The summed E-state index contributed by atoms with van der Waals surface area (Å²) in [6, 6.07) is 12.6. The van der Waals surface area contributed by atoms with E-state index in [1.807, 2.05) is 0 Å². The first-order chi connectivity index (χ1) is 13.3. The molecule has 144 valence electrons. The molecule has 1 heterocycles. The quantitative estimate of drug-likeness (QED) is 0.505. The third-order valence-electron chi connectivity index (χ3n) is 3.74. The van der Waals surface area contributed by atoms with E-state index in [-0.39, 0.29) is 26.4 Å². The summed E-state index contributed by atoms with van der Waals surface area (Å²) in [5.41, 5.74) is 0.960. The minimum atomic E-state index is -3.75. The zero-order valence-electron chi connectivity index (χ0n) is 15.0. The van der Waals surface area contributed by atoms with Gasteiger partial charge in [0.1, 0.15) is 5.75 Å². The third kappa shape index (κ3) is 4.26. The van der Waals surface area contributed by atoms with Crippen LogP contribution in [0.1, 0.15) is 22.8 Å². The molecule has 3 rings (SSSR count). The molecule has 0 aliphatic carbocycles. The Morgan fingerprint density at radius 3 is 2.50 bits per heavy atom. The average molecular weight is 416 g/mol. The van der Waals surface area contributed by atoms with Gasteiger partial charge in [-0.25, -0.2) is 13.4 Å². The number of rotatable bonds is 5. The van der Waals surface area contributed by atoms with Crippen LogP contribution in [0, 0.1) is 6.92 Å². The number of aromatic nitrogens is 1. The summed E-state index contributed by atoms with van der Waals surface area (Å²) < 4.78 is 30.2. The van der Waals surface area contributed by atoms with Gasteiger partial charge in [-0.15, -0.1) is 11.3 Å². The molecule has 0 fully saturated rings. The second-order valence-corrected chi connectivity index (χ2v) is 8.59. The number of hydrogen-bond acceptors (Lipinski definition) is 7. The molecule has 1 N–H and O–H groups in total. The van der Waals surface area contributed by atoms with E-state index in [0.717, 1.165) is 11.3 Å². The van der Waals surface area contributed by atoms with Crippen LogP contribution >= 0.6 is 11.3 Å². The van der Waals surface area contributed by atoms with Crippen molar-refractivity contribution in [3.8, 4) is 5.75 Å². The number of nitrogens with one attached hydrogen (secondary N) is 1. The predicted octanol–water partition coefficient (Wildman–Crippen LogP) is 3.46. The lowest BCUT2D eigenvalue weighted by atomic mass is 10.1. The fourth-order valence-electron chi connectivity index (χ4n) is 2.34. The van der Waals surface area contributed by atoms with E-state index in [1.165, 1.54) is 30.5 Å². The van der Waals surface area contributed by atoms with Crippen LogP contribution < -0.4 is 10.1 Å². The van der Waals surface area contributed by atoms with E-state index >= 15 is 0 Å². The Morgan fingerprint density at radius 1 is 1.11 bits per heavy atom. The van der Waals surface area contributed by atoms with Gasteiger partial charge in [0, 0.05) is 17.9 Å². The molecule has 0 saturated heterocycles. The van der Waals surface area contributed by atoms with Crippen molar-refractivity contribution in [2.75, 3.05) is 5.32 Å². The number of amides is 1. The minimum Gasteiger partial charge on any atom is -0.426 e. The van der Waals surface area contributed by atoms with Gasteiger partial charge in [0.2, 0.25) is 9.84 Å². The molecule has 1 amide bonds. The maximum Gasteiger partial charge on any atom is 0.308 e. The number of anilines is 1. The van der Waals surface area contributed by atoms with Crippen molar-refractivity contribution >= 4 is 38.2 Å². The predicted molar refractivity (Wildman–Crippen MR) is 104 cm³/mol. The number of thiazole rings is 1. The topological polar surface area (TPSA) is 102 Å². The highest BCUT2D eigenvalue weighted by Gasteiger charge is 2.21. The summed E-state index contributed by atoms with van der Waals surface area (Å²) in [6.07, 6.45) is 0. The van der Waals surface area contributed by atoms with Crippen molar-refractivity contribution in [3.05, 3.63) is 65.0 Å². The van der Waals surface area contributed by atoms with Crippen LogP contribution in [-0.4, -0.2) is 25.3 Å². The van der Waals surface area contributed by atoms with E-state index in [2.05, 4.69) is 10.3 Å². The van der Waals surface area contributed by atoms with Crippen LogP contribution in [0.25, 0.3) is 0 Å². The number of ether oxygens (including phenoxy) is 1. The van der Waals surface area contributed by atoms with Gasteiger partial charge in [0.05, 0.1) is 4.90 Å². The van der Waals surface area contributed by atoms with E-state index in [0.29, 0.717) is 5.56 Å². The van der Waals surface area contributed by atoms with Crippen molar-refractivity contribution < 1.29 is 22.7 Å². The summed E-state index contributed by atoms with van der Waals surface area (Å²) in [6.45, 7) is 3.03. The van der Waals surface area contributed by atoms with Crippen molar-refractivity contribution in [3.63, 3.8) is 0 Å². The van der Waals surface area contributed by atoms with Gasteiger partial charge in [-0.2, -0.15) is 0 Å². The second-order valence-electron chi connectivity index (χ2n) is 5.84. The molecule has 0 aliphatic rings. The minimum absolute atomic E-state index is 0.128. The molecule has 2 aromatic carbocycles. The van der Waals surface area contributed by atoms with Gasteiger partial charge in [-0.3, -0.25) is 14.9 Å². The number of sulfone groups is 1. The Hall–Kier alpha value is -3.04. The van der Waals surface area contributed by atoms with Crippen LogP contribution in [0.3, 0.4) is 0 Å². The normalized spacial score (nSPS) is 11.1. The van der Waals surface area contributed by atoms with E-state index in [4.69, 9.17) is 4.74 Å². The number of esters is 1. The lowest BCUT2D eigenvalue weighted by molar-refractivity contribution is -0.131. The molecule has 0 radical (unpaired) electrons. The zero-order chi connectivity index (χ0) is 20.3. The van der Waals surface area contributed by atoms with Crippen LogP contribution in [0.5, 0.6) is 5.75 Å². The lowest BCUT2D eigenvalue weighted by Gasteiger charge is -2.08. The summed E-state index contributed by atoms with van der Waals surface area (Å²) in [4.78, 5) is 27.8.